The lowest BCUT2D eigenvalue weighted by molar-refractivity contribution is 0.0670. The Morgan fingerprint density at radius 1 is 1.29 bits per heavy atom. The molecule has 0 aromatic rings. The van der Waals surface area contributed by atoms with Crippen LogP contribution in [0.4, 0.5) is 0 Å². The summed E-state index contributed by atoms with van der Waals surface area (Å²) in [6.07, 6.45) is 10.5. The average molecular weight is 239 g/mol. The van der Waals surface area contributed by atoms with Crippen molar-refractivity contribution in [2.45, 2.75) is 71.4 Å². The van der Waals surface area contributed by atoms with Gasteiger partial charge in [0.1, 0.15) is 0 Å². The molecule has 100 valence electrons. The van der Waals surface area contributed by atoms with Gasteiger partial charge in [-0.1, -0.05) is 25.0 Å². The maximum atomic E-state index is 5.79. The number of allylic oxidation sites excluding steroid dienone is 1. The molecule has 0 radical (unpaired) electrons. The molecule has 17 heavy (non-hydrogen) atoms. The largest absolute Gasteiger partial charge is 0.377 e. The second-order valence-corrected chi connectivity index (χ2v) is 5.27. The topological polar surface area (TPSA) is 21.3 Å². The van der Waals surface area contributed by atoms with Crippen LogP contribution in [0.15, 0.2) is 11.6 Å². The van der Waals surface area contributed by atoms with Gasteiger partial charge in [0.2, 0.25) is 0 Å². The zero-order valence-electron chi connectivity index (χ0n) is 11.8. The number of ether oxygens (including phenoxy) is 1. The molecule has 0 saturated carbocycles. The lowest BCUT2D eigenvalue weighted by Crippen LogP contribution is -2.36. The zero-order chi connectivity index (χ0) is 12.5. The van der Waals surface area contributed by atoms with Crippen LogP contribution in [0.3, 0.4) is 0 Å². The highest BCUT2D eigenvalue weighted by Crippen LogP contribution is 2.20. The van der Waals surface area contributed by atoms with Crippen LogP contribution in [0.25, 0.3) is 0 Å². The first-order chi connectivity index (χ1) is 8.24. The van der Waals surface area contributed by atoms with Gasteiger partial charge in [-0.3, -0.25) is 0 Å². The van der Waals surface area contributed by atoms with E-state index in [9.17, 15) is 0 Å². The fourth-order valence-corrected chi connectivity index (χ4v) is 2.26. The Balaban J connectivity index is 2.49. The first-order valence-corrected chi connectivity index (χ1v) is 7.28. The fraction of sp³-hybridized carbons (Fsp3) is 0.867. The van der Waals surface area contributed by atoms with Crippen molar-refractivity contribution in [1.29, 1.82) is 0 Å². The molecule has 0 saturated heterocycles. The summed E-state index contributed by atoms with van der Waals surface area (Å²) >= 11 is 0. The Morgan fingerprint density at radius 2 is 2.12 bits per heavy atom. The van der Waals surface area contributed by atoms with Crippen molar-refractivity contribution in [3.8, 4) is 0 Å². The quantitative estimate of drug-likeness (QED) is 0.684. The summed E-state index contributed by atoms with van der Waals surface area (Å²) in [6, 6.07) is 0.440. The summed E-state index contributed by atoms with van der Waals surface area (Å²) in [7, 11) is 0. The zero-order valence-corrected chi connectivity index (χ0v) is 11.8. The molecule has 1 unspecified atom stereocenters. The summed E-state index contributed by atoms with van der Waals surface area (Å²) in [4.78, 5) is 0. The molecular weight excluding hydrogens is 210 g/mol. The van der Waals surface area contributed by atoms with Gasteiger partial charge in [-0.2, -0.15) is 0 Å². The van der Waals surface area contributed by atoms with Gasteiger partial charge in [0.25, 0.3) is 0 Å². The van der Waals surface area contributed by atoms with Crippen molar-refractivity contribution in [2.24, 2.45) is 0 Å². The second kappa shape index (κ2) is 8.71. The van der Waals surface area contributed by atoms with E-state index in [2.05, 4.69) is 32.2 Å². The summed E-state index contributed by atoms with van der Waals surface area (Å²) in [5.41, 5.74) is 1.58. The number of hydrogen-bond donors (Lipinski definition) is 1. The third-order valence-electron chi connectivity index (χ3n) is 3.26. The van der Waals surface area contributed by atoms with Crippen LogP contribution in [0.5, 0.6) is 0 Å². The van der Waals surface area contributed by atoms with E-state index < -0.39 is 0 Å². The molecule has 0 aliphatic heterocycles. The summed E-state index contributed by atoms with van der Waals surface area (Å²) in [5, 5.41) is 3.63. The Bertz CT molecular complexity index is 223. The van der Waals surface area contributed by atoms with Crippen molar-refractivity contribution in [1.82, 2.24) is 5.32 Å². The van der Waals surface area contributed by atoms with Crippen molar-refractivity contribution in [2.75, 3.05) is 13.2 Å². The van der Waals surface area contributed by atoms with Crippen LogP contribution in [-0.2, 0) is 4.74 Å². The smallest absolute Gasteiger partial charge is 0.0661 e. The monoisotopic (exact) mass is 239 g/mol. The third-order valence-corrected chi connectivity index (χ3v) is 3.26. The van der Waals surface area contributed by atoms with Crippen molar-refractivity contribution < 1.29 is 4.74 Å². The number of hydrogen-bond acceptors (Lipinski definition) is 2. The van der Waals surface area contributed by atoms with Gasteiger partial charge in [-0.15, -0.1) is 0 Å². The lowest BCUT2D eigenvalue weighted by Gasteiger charge is -2.22. The molecule has 1 rings (SSSR count). The van der Waals surface area contributed by atoms with Gasteiger partial charge in [-0.25, -0.2) is 0 Å². The maximum Gasteiger partial charge on any atom is 0.0661 e. The van der Waals surface area contributed by atoms with Crippen LogP contribution in [0.1, 0.15) is 59.3 Å². The highest BCUT2D eigenvalue weighted by atomic mass is 16.5. The molecule has 1 aliphatic carbocycles. The van der Waals surface area contributed by atoms with Gasteiger partial charge in [0.05, 0.1) is 18.8 Å². The van der Waals surface area contributed by atoms with Gasteiger partial charge >= 0.3 is 0 Å². The van der Waals surface area contributed by atoms with Crippen LogP contribution >= 0.6 is 0 Å². The van der Waals surface area contributed by atoms with E-state index in [1.807, 2.05) is 0 Å². The maximum absolute atomic E-state index is 5.79. The Morgan fingerprint density at radius 3 is 2.82 bits per heavy atom. The van der Waals surface area contributed by atoms with Crippen LogP contribution in [-0.4, -0.2) is 25.3 Å². The van der Waals surface area contributed by atoms with Crippen LogP contribution in [0, 0.1) is 0 Å². The number of rotatable bonds is 7. The molecule has 0 heterocycles. The Kier molecular flexibility index (Phi) is 7.54. The van der Waals surface area contributed by atoms with E-state index in [4.69, 9.17) is 4.74 Å². The summed E-state index contributed by atoms with van der Waals surface area (Å²) in [6.45, 7) is 8.35. The van der Waals surface area contributed by atoms with Crippen molar-refractivity contribution in [3.05, 3.63) is 11.6 Å². The van der Waals surface area contributed by atoms with Gasteiger partial charge < -0.3 is 10.1 Å². The first kappa shape index (κ1) is 14.7. The summed E-state index contributed by atoms with van der Waals surface area (Å²) in [5.74, 6) is 0. The first-order valence-electron chi connectivity index (χ1n) is 7.28. The second-order valence-electron chi connectivity index (χ2n) is 5.27. The van der Waals surface area contributed by atoms with Gasteiger partial charge in [-0.05, 0) is 52.5 Å². The molecule has 0 fully saturated rings. The Labute approximate surface area is 107 Å². The minimum absolute atomic E-state index is 0.326. The highest BCUT2D eigenvalue weighted by molar-refractivity contribution is 5.12. The van der Waals surface area contributed by atoms with Crippen molar-refractivity contribution in [3.63, 3.8) is 0 Å². The van der Waals surface area contributed by atoms with Gasteiger partial charge in [0, 0.05) is 0 Å². The molecule has 1 atom stereocenters. The lowest BCUT2D eigenvalue weighted by atomic mass is 10.0. The predicted molar refractivity (Wildman–Crippen MR) is 74.3 cm³/mol. The van der Waals surface area contributed by atoms with E-state index in [0.29, 0.717) is 12.1 Å². The molecule has 1 aliphatic rings. The molecule has 0 spiro atoms. The number of nitrogens with one attached hydrogen (secondary N) is 1. The SMILES string of the molecule is CCCNC(COC(C)C)C1=CCCCCC1. The minimum Gasteiger partial charge on any atom is -0.377 e. The van der Waals surface area contributed by atoms with Crippen molar-refractivity contribution >= 4 is 0 Å². The normalized spacial score (nSPS) is 18.9. The highest BCUT2D eigenvalue weighted by Gasteiger charge is 2.15. The molecule has 0 bridgehead atoms. The van der Waals surface area contributed by atoms with E-state index in [1.165, 1.54) is 38.5 Å². The third kappa shape index (κ3) is 6.23. The molecular formula is C15H29NO. The molecule has 0 aromatic heterocycles. The molecule has 0 aromatic carbocycles. The minimum atomic E-state index is 0.326. The molecule has 1 N–H and O–H groups in total. The fourth-order valence-electron chi connectivity index (χ4n) is 2.26. The van der Waals surface area contributed by atoms with Crippen LogP contribution < -0.4 is 5.32 Å². The van der Waals surface area contributed by atoms with E-state index in [0.717, 1.165) is 13.2 Å². The standard InChI is InChI=1S/C15H29NO/c1-4-11-16-15(12-17-13(2)3)14-9-7-5-6-8-10-14/h9,13,15-16H,4-8,10-12H2,1-3H3. The average Bonchev–Trinajstić information content (AvgIpc) is 2.57. The van der Waals surface area contributed by atoms with Crippen LogP contribution in [0.2, 0.25) is 0 Å². The van der Waals surface area contributed by atoms with Gasteiger partial charge in [0.15, 0.2) is 0 Å². The molecule has 2 nitrogen and oxygen atoms in total. The van der Waals surface area contributed by atoms with E-state index in [-0.39, 0.29) is 0 Å². The predicted octanol–water partition coefficient (Wildman–Crippen LogP) is 3.67. The summed E-state index contributed by atoms with van der Waals surface area (Å²) < 4.78 is 5.79. The molecule has 0 amide bonds. The van der Waals surface area contributed by atoms with E-state index >= 15 is 0 Å². The Hall–Kier alpha value is -0.340. The molecule has 2 heteroatoms. The van der Waals surface area contributed by atoms with E-state index in [1.54, 1.807) is 5.57 Å².